The van der Waals surface area contributed by atoms with E-state index in [4.69, 9.17) is 0 Å². The highest BCUT2D eigenvalue weighted by Crippen LogP contribution is 2.37. The molecule has 0 spiro atoms. The second-order valence-electron chi connectivity index (χ2n) is 6.00. The fourth-order valence-corrected chi connectivity index (χ4v) is 3.62. The lowest BCUT2D eigenvalue weighted by Gasteiger charge is -2.07. The number of alkyl halides is 1. The van der Waals surface area contributed by atoms with Crippen molar-refractivity contribution < 1.29 is 14.3 Å². The number of hydrogen-bond donors (Lipinski definition) is 2. The molecular weight excluding hydrogens is 327 g/mol. The highest BCUT2D eigenvalue weighted by molar-refractivity contribution is 7.22. The second-order valence-corrected chi connectivity index (χ2v) is 7.03. The van der Waals surface area contributed by atoms with Crippen LogP contribution in [0, 0.1) is 12.8 Å². The lowest BCUT2D eigenvalue weighted by atomic mass is 10.00. The van der Waals surface area contributed by atoms with Gasteiger partial charge in [-0.3, -0.25) is 4.79 Å². The Morgan fingerprint density at radius 2 is 2.17 bits per heavy atom. The maximum atomic E-state index is 12.9. The number of thiazole rings is 1. The van der Waals surface area contributed by atoms with E-state index in [0.717, 1.165) is 26.9 Å². The van der Waals surface area contributed by atoms with Gasteiger partial charge in [0.1, 0.15) is 11.9 Å². The van der Waals surface area contributed by atoms with Gasteiger partial charge in [0.15, 0.2) is 5.13 Å². The summed E-state index contributed by atoms with van der Waals surface area (Å²) in [5.74, 6) is -0.566. The molecule has 24 heavy (non-hydrogen) atoms. The van der Waals surface area contributed by atoms with E-state index >= 15 is 0 Å². The minimum atomic E-state index is -1.01. The molecule has 1 fully saturated rings. The normalized spacial score (nSPS) is 19.4. The Morgan fingerprint density at radius 3 is 2.92 bits per heavy atom. The number of aromatic nitrogens is 1. The largest absolute Gasteiger partial charge is 0.508 e. The van der Waals surface area contributed by atoms with Crippen LogP contribution in [0.15, 0.2) is 36.4 Å². The Kier molecular flexibility index (Phi) is 3.49. The topological polar surface area (TPSA) is 62.2 Å². The third-order valence-electron chi connectivity index (χ3n) is 4.28. The van der Waals surface area contributed by atoms with Gasteiger partial charge in [-0.05, 0) is 48.2 Å². The van der Waals surface area contributed by atoms with Crippen molar-refractivity contribution in [3.8, 4) is 16.9 Å². The van der Waals surface area contributed by atoms with E-state index in [1.54, 1.807) is 6.07 Å². The maximum Gasteiger partial charge on any atom is 0.232 e. The molecular formula is C18H15FN2O2S. The van der Waals surface area contributed by atoms with Crippen LogP contribution in [0.1, 0.15) is 12.0 Å². The van der Waals surface area contributed by atoms with Crippen LogP contribution in [0.5, 0.6) is 5.75 Å². The van der Waals surface area contributed by atoms with Crippen LogP contribution < -0.4 is 5.32 Å². The third-order valence-corrected chi connectivity index (χ3v) is 5.22. The van der Waals surface area contributed by atoms with E-state index in [1.165, 1.54) is 11.3 Å². The van der Waals surface area contributed by atoms with Gasteiger partial charge in [0.2, 0.25) is 5.91 Å². The van der Waals surface area contributed by atoms with Crippen molar-refractivity contribution in [3.63, 3.8) is 0 Å². The molecule has 0 saturated heterocycles. The molecule has 2 atom stereocenters. The molecule has 1 heterocycles. The van der Waals surface area contributed by atoms with Crippen LogP contribution in [0.3, 0.4) is 0 Å². The van der Waals surface area contributed by atoms with E-state index < -0.39 is 12.1 Å². The smallest absolute Gasteiger partial charge is 0.232 e. The Balaban J connectivity index is 1.66. The molecule has 2 unspecified atom stereocenters. The van der Waals surface area contributed by atoms with Gasteiger partial charge in [-0.1, -0.05) is 29.5 Å². The summed E-state index contributed by atoms with van der Waals surface area (Å²) in [7, 11) is 0. The predicted octanol–water partition coefficient (Wildman–Crippen LogP) is 4.27. The van der Waals surface area contributed by atoms with Crippen LogP contribution >= 0.6 is 11.3 Å². The molecule has 2 N–H and O–H groups in total. The first-order valence-corrected chi connectivity index (χ1v) is 8.49. The average molecular weight is 342 g/mol. The maximum absolute atomic E-state index is 12.9. The number of nitrogens with one attached hydrogen (secondary N) is 1. The number of carbonyl (C=O) groups is 1. The zero-order valence-electron chi connectivity index (χ0n) is 12.9. The number of aromatic hydroxyl groups is 1. The number of phenolic OH excluding ortho intramolecular Hbond substituents is 1. The van der Waals surface area contributed by atoms with Gasteiger partial charge in [0, 0.05) is 0 Å². The van der Waals surface area contributed by atoms with Crippen LogP contribution in [-0.2, 0) is 4.79 Å². The number of benzene rings is 2. The van der Waals surface area contributed by atoms with E-state index in [2.05, 4.69) is 10.3 Å². The van der Waals surface area contributed by atoms with Crippen LogP contribution in [0.25, 0.3) is 21.3 Å². The second kappa shape index (κ2) is 5.56. The van der Waals surface area contributed by atoms with Crippen molar-refractivity contribution in [1.82, 2.24) is 4.98 Å². The molecule has 3 aromatic rings. The highest BCUT2D eigenvalue weighted by Gasteiger charge is 2.43. The van der Waals surface area contributed by atoms with Gasteiger partial charge in [0.25, 0.3) is 0 Å². The number of carbonyl (C=O) groups excluding carboxylic acids is 1. The Bertz CT molecular complexity index is 953. The van der Waals surface area contributed by atoms with E-state index in [-0.39, 0.29) is 11.7 Å². The predicted molar refractivity (Wildman–Crippen MR) is 93.1 cm³/mol. The van der Waals surface area contributed by atoms with Crippen molar-refractivity contribution in [2.24, 2.45) is 5.92 Å². The Labute approximate surface area is 142 Å². The van der Waals surface area contributed by atoms with Crippen molar-refractivity contribution in [1.29, 1.82) is 0 Å². The summed E-state index contributed by atoms with van der Waals surface area (Å²) in [4.78, 5) is 16.2. The molecule has 1 saturated carbocycles. The quantitative estimate of drug-likeness (QED) is 0.747. The molecule has 0 radical (unpaired) electrons. The number of fused-ring (bicyclic) bond motifs is 1. The summed E-state index contributed by atoms with van der Waals surface area (Å²) in [6, 6.07) is 11.2. The lowest BCUT2D eigenvalue weighted by molar-refractivity contribution is -0.117. The summed E-state index contributed by atoms with van der Waals surface area (Å²) in [5, 5.41) is 13.0. The molecule has 1 aliphatic carbocycles. The zero-order chi connectivity index (χ0) is 16.8. The molecule has 0 bridgehead atoms. The number of halogens is 1. The Hall–Kier alpha value is -2.47. The van der Waals surface area contributed by atoms with E-state index in [0.29, 0.717) is 11.6 Å². The minimum absolute atomic E-state index is 0.259. The molecule has 1 aromatic heterocycles. The molecule has 6 heteroatoms. The molecule has 122 valence electrons. The number of anilines is 1. The van der Waals surface area contributed by atoms with Crippen LogP contribution in [0.4, 0.5) is 9.52 Å². The lowest BCUT2D eigenvalue weighted by Crippen LogP contribution is -2.14. The summed E-state index contributed by atoms with van der Waals surface area (Å²) in [6.07, 6.45) is -0.711. The average Bonchev–Trinajstić information content (AvgIpc) is 3.15. The van der Waals surface area contributed by atoms with Gasteiger partial charge in [0.05, 0.1) is 16.1 Å². The van der Waals surface area contributed by atoms with Gasteiger partial charge in [-0.2, -0.15) is 0 Å². The molecule has 2 aromatic carbocycles. The molecule has 1 amide bonds. The van der Waals surface area contributed by atoms with Crippen LogP contribution in [-0.4, -0.2) is 22.2 Å². The highest BCUT2D eigenvalue weighted by atomic mass is 32.1. The van der Waals surface area contributed by atoms with Gasteiger partial charge < -0.3 is 10.4 Å². The minimum Gasteiger partial charge on any atom is -0.508 e. The van der Waals surface area contributed by atoms with Crippen molar-refractivity contribution in [2.45, 2.75) is 19.5 Å². The zero-order valence-corrected chi connectivity index (χ0v) is 13.7. The van der Waals surface area contributed by atoms with Gasteiger partial charge in [-0.15, -0.1) is 0 Å². The first kappa shape index (κ1) is 15.1. The molecule has 4 rings (SSSR count). The molecule has 0 aliphatic heterocycles. The summed E-state index contributed by atoms with van der Waals surface area (Å²) < 4.78 is 13.9. The monoisotopic (exact) mass is 342 g/mol. The summed E-state index contributed by atoms with van der Waals surface area (Å²) in [5.41, 5.74) is 3.53. The van der Waals surface area contributed by atoms with E-state index in [1.807, 2.05) is 37.3 Å². The number of rotatable bonds is 3. The SMILES string of the molecule is Cc1c(O)cccc1-c1ccc2nc(NC(=O)C3CC3F)sc2c1. The summed E-state index contributed by atoms with van der Waals surface area (Å²) in [6.45, 7) is 1.87. The molecule has 1 aliphatic rings. The van der Waals surface area contributed by atoms with Crippen molar-refractivity contribution in [3.05, 3.63) is 42.0 Å². The number of amides is 1. The van der Waals surface area contributed by atoms with E-state index in [9.17, 15) is 14.3 Å². The number of nitrogens with zero attached hydrogens (tertiary/aromatic N) is 1. The summed E-state index contributed by atoms with van der Waals surface area (Å²) >= 11 is 1.36. The first-order valence-electron chi connectivity index (χ1n) is 7.67. The fraction of sp³-hybridized carbons (Fsp3) is 0.222. The van der Waals surface area contributed by atoms with Crippen LogP contribution in [0.2, 0.25) is 0 Å². The molecule has 4 nitrogen and oxygen atoms in total. The third kappa shape index (κ3) is 2.63. The standard InChI is InChI=1S/C18H15FN2O2S/c1-9-11(3-2-4-15(9)22)10-5-6-14-16(7-10)24-18(20-14)21-17(23)12-8-13(12)19/h2-7,12-13,22H,8H2,1H3,(H,20,21,23). The van der Waals surface area contributed by atoms with Crippen molar-refractivity contribution in [2.75, 3.05) is 5.32 Å². The van der Waals surface area contributed by atoms with Gasteiger partial charge in [-0.25, -0.2) is 9.37 Å². The number of hydrogen-bond acceptors (Lipinski definition) is 4. The van der Waals surface area contributed by atoms with Gasteiger partial charge >= 0.3 is 0 Å². The Morgan fingerprint density at radius 1 is 1.38 bits per heavy atom. The van der Waals surface area contributed by atoms with Crippen molar-refractivity contribution >= 4 is 32.6 Å². The number of phenols is 1. The fourth-order valence-electron chi connectivity index (χ4n) is 2.72. The first-order chi connectivity index (χ1) is 11.5.